The lowest BCUT2D eigenvalue weighted by molar-refractivity contribution is 0.279. The van der Waals surface area contributed by atoms with Crippen molar-refractivity contribution in [3.63, 3.8) is 0 Å². The first-order valence-electron chi connectivity index (χ1n) is 5.84. The van der Waals surface area contributed by atoms with E-state index in [0.717, 1.165) is 23.5 Å². The summed E-state index contributed by atoms with van der Waals surface area (Å²) in [5, 5.41) is 11.3. The Kier molecular flexibility index (Phi) is 2.91. The lowest BCUT2D eigenvalue weighted by Crippen LogP contribution is -2.03. The maximum Gasteiger partial charge on any atom is 0.133 e. The fraction of sp³-hybridized carbons (Fsp3) is 0.385. The average molecular weight is 246 g/mol. The first-order chi connectivity index (χ1) is 8.36. The van der Waals surface area contributed by atoms with Gasteiger partial charge in [-0.25, -0.2) is 9.97 Å². The molecule has 88 valence electrons. The third-order valence-corrected chi connectivity index (χ3v) is 3.87. The molecular weight excluding hydrogens is 232 g/mol. The minimum Gasteiger partial charge on any atom is -0.392 e. The third kappa shape index (κ3) is 2.37. The number of hydrogen-bond donors (Lipinski definition) is 1. The molecule has 2 heterocycles. The SMILES string of the molecule is OCc1cnc(Cc2cccs2)nc1C1CC1. The highest BCUT2D eigenvalue weighted by Gasteiger charge is 2.28. The zero-order valence-corrected chi connectivity index (χ0v) is 10.3. The molecule has 0 unspecified atom stereocenters. The summed E-state index contributed by atoms with van der Waals surface area (Å²) in [5.41, 5.74) is 1.96. The van der Waals surface area contributed by atoms with Crippen molar-refractivity contribution in [3.8, 4) is 0 Å². The summed E-state index contributed by atoms with van der Waals surface area (Å²) in [5.74, 6) is 1.42. The van der Waals surface area contributed by atoms with Crippen LogP contribution >= 0.6 is 11.3 Å². The van der Waals surface area contributed by atoms with E-state index in [1.165, 1.54) is 17.7 Å². The summed E-state index contributed by atoms with van der Waals surface area (Å²) in [7, 11) is 0. The molecule has 4 heteroatoms. The van der Waals surface area contributed by atoms with Crippen molar-refractivity contribution < 1.29 is 5.11 Å². The Morgan fingerprint density at radius 1 is 1.41 bits per heavy atom. The van der Waals surface area contributed by atoms with Gasteiger partial charge in [0.05, 0.1) is 12.3 Å². The Balaban J connectivity index is 1.88. The Morgan fingerprint density at radius 2 is 2.29 bits per heavy atom. The summed E-state index contributed by atoms with van der Waals surface area (Å²) in [6.07, 6.45) is 4.97. The van der Waals surface area contributed by atoms with Gasteiger partial charge in [0.1, 0.15) is 5.82 Å². The number of aliphatic hydroxyl groups excluding tert-OH is 1. The highest BCUT2D eigenvalue weighted by molar-refractivity contribution is 7.09. The molecule has 0 atom stereocenters. The van der Waals surface area contributed by atoms with Gasteiger partial charge in [-0.15, -0.1) is 11.3 Å². The Labute approximate surface area is 104 Å². The van der Waals surface area contributed by atoms with E-state index in [1.807, 2.05) is 6.07 Å². The minimum atomic E-state index is 0.0467. The topological polar surface area (TPSA) is 46.0 Å². The van der Waals surface area contributed by atoms with Crippen LogP contribution in [0.2, 0.25) is 0 Å². The molecule has 0 amide bonds. The Hall–Kier alpha value is -1.26. The maximum atomic E-state index is 9.26. The predicted octanol–water partition coefficient (Wildman–Crippen LogP) is 2.50. The first-order valence-corrected chi connectivity index (χ1v) is 6.72. The molecule has 0 aliphatic heterocycles. The molecule has 1 fully saturated rings. The van der Waals surface area contributed by atoms with E-state index in [0.29, 0.717) is 5.92 Å². The fourth-order valence-electron chi connectivity index (χ4n) is 1.94. The summed E-state index contributed by atoms with van der Waals surface area (Å²) in [4.78, 5) is 10.2. The second-order valence-corrected chi connectivity index (χ2v) is 5.42. The van der Waals surface area contributed by atoms with E-state index in [1.54, 1.807) is 17.5 Å². The van der Waals surface area contributed by atoms with E-state index >= 15 is 0 Å². The normalized spacial score (nSPS) is 15.1. The monoisotopic (exact) mass is 246 g/mol. The van der Waals surface area contributed by atoms with Crippen molar-refractivity contribution in [1.82, 2.24) is 9.97 Å². The molecule has 2 aromatic rings. The van der Waals surface area contributed by atoms with Crippen LogP contribution in [-0.2, 0) is 13.0 Å². The molecule has 3 rings (SSSR count). The summed E-state index contributed by atoms with van der Waals surface area (Å²) in [6.45, 7) is 0.0467. The van der Waals surface area contributed by atoms with Crippen molar-refractivity contribution >= 4 is 11.3 Å². The van der Waals surface area contributed by atoms with Crippen LogP contribution in [0.1, 0.15) is 40.7 Å². The van der Waals surface area contributed by atoms with Gasteiger partial charge in [-0.2, -0.15) is 0 Å². The highest BCUT2D eigenvalue weighted by Crippen LogP contribution is 2.40. The van der Waals surface area contributed by atoms with Crippen molar-refractivity contribution in [2.24, 2.45) is 0 Å². The molecule has 0 bridgehead atoms. The molecule has 1 aliphatic carbocycles. The number of aliphatic hydroxyl groups is 1. The number of hydrogen-bond acceptors (Lipinski definition) is 4. The molecule has 3 nitrogen and oxygen atoms in total. The second-order valence-electron chi connectivity index (χ2n) is 4.39. The van der Waals surface area contributed by atoms with E-state index in [2.05, 4.69) is 21.4 Å². The van der Waals surface area contributed by atoms with E-state index in [4.69, 9.17) is 0 Å². The predicted molar refractivity (Wildman–Crippen MR) is 67.1 cm³/mol. The van der Waals surface area contributed by atoms with Crippen molar-refractivity contribution in [1.29, 1.82) is 0 Å². The quantitative estimate of drug-likeness (QED) is 0.901. The standard InChI is InChI=1S/C13H14N2OS/c16-8-10-7-14-12(6-11-2-1-5-17-11)15-13(10)9-3-4-9/h1-2,5,7,9,16H,3-4,6,8H2. The maximum absolute atomic E-state index is 9.26. The molecule has 2 aromatic heterocycles. The second kappa shape index (κ2) is 4.55. The summed E-state index contributed by atoms with van der Waals surface area (Å²) in [6, 6.07) is 4.15. The summed E-state index contributed by atoms with van der Waals surface area (Å²) < 4.78 is 0. The summed E-state index contributed by atoms with van der Waals surface area (Å²) >= 11 is 1.73. The van der Waals surface area contributed by atoms with Gasteiger partial charge in [-0.05, 0) is 24.3 Å². The highest BCUT2D eigenvalue weighted by atomic mass is 32.1. The van der Waals surface area contributed by atoms with Crippen LogP contribution in [0.3, 0.4) is 0 Å². The lowest BCUT2D eigenvalue weighted by Gasteiger charge is -2.06. The molecule has 17 heavy (non-hydrogen) atoms. The molecule has 1 aliphatic rings. The van der Waals surface area contributed by atoms with Crippen LogP contribution in [-0.4, -0.2) is 15.1 Å². The molecule has 0 saturated heterocycles. The Morgan fingerprint density at radius 3 is 2.94 bits per heavy atom. The van der Waals surface area contributed by atoms with E-state index < -0.39 is 0 Å². The lowest BCUT2D eigenvalue weighted by atomic mass is 10.1. The van der Waals surface area contributed by atoms with Crippen LogP contribution in [0.4, 0.5) is 0 Å². The van der Waals surface area contributed by atoms with Crippen LogP contribution in [0, 0.1) is 0 Å². The molecule has 0 spiro atoms. The average Bonchev–Trinajstić information content (AvgIpc) is 3.08. The van der Waals surface area contributed by atoms with Gasteiger partial charge in [0.15, 0.2) is 0 Å². The van der Waals surface area contributed by atoms with Gasteiger partial charge in [0.25, 0.3) is 0 Å². The van der Waals surface area contributed by atoms with Gasteiger partial charge in [0, 0.05) is 29.0 Å². The Bertz CT molecular complexity index is 506. The first kappa shape index (κ1) is 10.9. The van der Waals surface area contributed by atoms with E-state index in [-0.39, 0.29) is 6.61 Å². The number of nitrogens with zero attached hydrogens (tertiary/aromatic N) is 2. The number of aromatic nitrogens is 2. The molecule has 0 radical (unpaired) electrons. The van der Waals surface area contributed by atoms with Crippen LogP contribution in [0.5, 0.6) is 0 Å². The van der Waals surface area contributed by atoms with Crippen molar-refractivity contribution in [2.75, 3.05) is 0 Å². The number of rotatable bonds is 4. The minimum absolute atomic E-state index is 0.0467. The smallest absolute Gasteiger partial charge is 0.133 e. The largest absolute Gasteiger partial charge is 0.392 e. The van der Waals surface area contributed by atoms with Gasteiger partial charge in [0.2, 0.25) is 0 Å². The van der Waals surface area contributed by atoms with Crippen molar-refractivity contribution in [3.05, 3.63) is 45.7 Å². The van der Waals surface area contributed by atoms with Crippen molar-refractivity contribution in [2.45, 2.75) is 31.8 Å². The van der Waals surface area contributed by atoms with Gasteiger partial charge in [-0.1, -0.05) is 6.07 Å². The molecular formula is C13H14N2OS. The van der Waals surface area contributed by atoms with Crippen LogP contribution in [0.15, 0.2) is 23.7 Å². The fourth-order valence-corrected chi connectivity index (χ4v) is 2.65. The van der Waals surface area contributed by atoms with Gasteiger partial charge >= 0.3 is 0 Å². The van der Waals surface area contributed by atoms with Gasteiger partial charge < -0.3 is 5.11 Å². The van der Waals surface area contributed by atoms with Crippen LogP contribution < -0.4 is 0 Å². The zero-order chi connectivity index (χ0) is 11.7. The number of thiophene rings is 1. The van der Waals surface area contributed by atoms with E-state index in [9.17, 15) is 5.11 Å². The molecule has 1 saturated carbocycles. The third-order valence-electron chi connectivity index (χ3n) is 2.99. The van der Waals surface area contributed by atoms with Gasteiger partial charge in [-0.3, -0.25) is 0 Å². The molecule has 0 aromatic carbocycles. The molecule has 1 N–H and O–H groups in total. The van der Waals surface area contributed by atoms with Crippen LogP contribution in [0.25, 0.3) is 0 Å². The zero-order valence-electron chi connectivity index (χ0n) is 9.47.